The number of anilines is 1. The molecule has 0 spiro atoms. The second-order valence-corrected chi connectivity index (χ2v) is 6.14. The first kappa shape index (κ1) is 19.2. The molecule has 7 heteroatoms. The van der Waals surface area contributed by atoms with Crippen LogP contribution in [-0.2, 0) is 0 Å². The fraction of sp³-hybridized carbons (Fsp3) is 0.190. The van der Waals surface area contributed by atoms with Crippen LogP contribution in [0.4, 0.5) is 5.69 Å². The van der Waals surface area contributed by atoms with Gasteiger partial charge in [-0.1, -0.05) is 18.2 Å². The molecule has 2 amide bonds. The summed E-state index contributed by atoms with van der Waals surface area (Å²) >= 11 is 0. The third kappa shape index (κ3) is 4.03. The number of amides is 2. The van der Waals surface area contributed by atoms with E-state index < -0.39 is 11.8 Å². The summed E-state index contributed by atoms with van der Waals surface area (Å²) in [5, 5.41) is 4.71. The Bertz CT molecular complexity index is 1070. The number of benzene rings is 2. The van der Waals surface area contributed by atoms with Gasteiger partial charge >= 0.3 is 0 Å². The topological polar surface area (TPSA) is 101 Å². The number of rotatable bonds is 6. The number of primary amides is 1. The molecule has 28 heavy (non-hydrogen) atoms. The molecule has 0 aliphatic carbocycles. The highest BCUT2D eigenvalue weighted by Gasteiger charge is 2.12. The smallest absolute Gasteiger partial charge is 0.271 e. The Hall–Kier alpha value is -3.61. The lowest BCUT2D eigenvalue weighted by Gasteiger charge is -2.21. The van der Waals surface area contributed by atoms with Crippen molar-refractivity contribution in [3.05, 3.63) is 71.3 Å². The van der Waals surface area contributed by atoms with Gasteiger partial charge in [0, 0.05) is 35.8 Å². The first-order valence-corrected chi connectivity index (χ1v) is 9.05. The molecule has 2 aromatic carbocycles. The van der Waals surface area contributed by atoms with Crippen LogP contribution in [0.2, 0.25) is 0 Å². The molecule has 7 nitrogen and oxygen atoms in total. The fourth-order valence-electron chi connectivity index (χ4n) is 2.91. The van der Waals surface area contributed by atoms with Gasteiger partial charge in [-0.05, 0) is 44.2 Å². The van der Waals surface area contributed by atoms with Gasteiger partial charge in [0.2, 0.25) is 5.55 Å². The van der Waals surface area contributed by atoms with E-state index in [-0.39, 0.29) is 11.1 Å². The van der Waals surface area contributed by atoms with Crippen molar-refractivity contribution in [3.63, 3.8) is 0 Å². The highest BCUT2D eigenvalue weighted by molar-refractivity contribution is 5.96. The van der Waals surface area contributed by atoms with Crippen molar-refractivity contribution in [2.24, 2.45) is 10.8 Å². The molecular weight excluding hydrogens is 356 g/mol. The van der Waals surface area contributed by atoms with Crippen LogP contribution in [0.5, 0.6) is 0 Å². The Morgan fingerprint density at radius 2 is 1.79 bits per heavy atom. The van der Waals surface area contributed by atoms with Gasteiger partial charge in [-0.15, -0.1) is 5.10 Å². The summed E-state index contributed by atoms with van der Waals surface area (Å²) in [5.74, 6) is -1.10. The average Bonchev–Trinajstić information content (AvgIpc) is 2.72. The molecule has 0 saturated heterocycles. The lowest BCUT2D eigenvalue weighted by Crippen LogP contribution is -2.27. The third-order valence-electron chi connectivity index (χ3n) is 4.42. The van der Waals surface area contributed by atoms with Gasteiger partial charge in [0.15, 0.2) is 0 Å². The van der Waals surface area contributed by atoms with Crippen LogP contribution in [0.1, 0.15) is 34.6 Å². The van der Waals surface area contributed by atoms with E-state index in [2.05, 4.69) is 29.3 Å². The van der Waals surface area contributed by atoms with Gasteiger partial charge in [-0.25, -0.2) is 5.43 Å². The van der Waals surface area contributed by atoms with E-state index >= 15 is 0 Å². The lowest BCUT2D eigenvalue weighted by atomic mass is 10.1. The summed E-state index contributed by atoms with van der Waals surface area (Å²) in [6.07, 6.45) is 0. The maximum atomic E-state index is 12.2. The third-order valence-corrected chi connectivity index (χ3v) is 4.42. The van der Waals surface area contributed by atoms with Crippen molar-refractivity contribution in [2.75, 3.05) is 18.0 Å². The number of fused-ring (bicyclic) bond motifs is 1. The van der Waals surface area contributed by atoms with Gasteiger partial charge in [-0.3, -0.25) is 9.59 Å². The summed E-state index contributed by atoms with van der Waals surface area (Å²) in [7, 11) is 0. The zero-order chi connectivity index (χ0) is 20.1. The zero-order valence-corrected chi connectivity index (χ0v) is 15.8. The molecule has 3 aromatic rings. The van der Waals surface area contributed by atoms with Crippen molar-refractivity contribution in [1.29, 1.82) is 0 Å². The second-order valence-electron chi connectivity index (χ2n) is 6.14. The molecule has 3 rings (SSSR count). The lowest BCUT2D eigenvalue weighted by molar-refractivity contribution is 0.0946. The summed E-state index contributed by atoms with van der Waals surface area (Å²) in [6, 6.07) is 15.9. The van der Waals surface area contributed by atoms with E-state index in [9.17, 15) is 9.59 Å². The SMILES string of the molecule is CCN(CC)c1ccc2cc(C(N)=O)/c(=N/NC(=O)c3ccccc3)oc2c1. The van der Waals surface area contributed by atoms with Crippen molar-refractivity contribution in [2.45, 2.75) is 13.8 Å². The minimum absolute atomic E-state index is 0.0408. The van der Waals surface area contributed by atoms with Gasteiger partial charge in [-0.2, -0.15) is 0 Å². The fourth-order valence-corrected chi connectivity index (χ4v) is 2.91. The molecule has 1 heterocycles. The predicted molar refractivity (Wildman–Crippen MR) is 108 cm³/mol. The van der Waals surface area contributed by atoms with Crippen LogP contribution < -0.4 is 21.6 Å². The molecule has 0 aliphatic rings. The Balaban J connectivity index is 2.04. The van der Waals surface area contributed by atoms with Crippen LogP contribution in [0, 0.1) is 0 Å². The number of hydrogen-bond donors (Lipinski definition) is 2. The Labute approximate surface area is 162 Å². The average molecular weight is 378 g/mol. The Morgan fingerprint density at radius 3 is 2.43 bits per heavy atom. The number of carbonyl (C=O) groups excluding carboxylic acids is 2. The molecule has 0 atom stereocenters. The standard InChI is InChI=1S/C21H22N4O3/c1-3-25(4-2)16-11-10-15-12-17(19(22)26)21(28-18(15)13-16)24-23-20(27)14-8-6-5-7-9-14/h5-13H,3-4H2,1-2H3,(H2,22,26)(H,23,27)/b24-21-. The monoisotopic (exact) mass is 378 g/mol. The van der Waals surface area contributed by atoms with Gasteiger partial charge < -0.3 is 15.1 Å². The molecular formula is C21H22N4O3. The van der Waals surface area contributed by atoms with Gasteiger partial charge in [0.1, 0.15) is 11.1 Å². The summed E-state index contributed by atoms with van der Waals surface area (Å²) in [4.78, 5) is 26.2. The van der Waals surface area contributed by atoms with Crippen LogP contribution >= 0.6 is 0 Å². The molecule has 0 fully saturated rings. The normalized spacial score (nSPS) is 11.4. The van der Waals surface area contributed by atoms with Crippen molar-refractivity contribution in [3.8, 4) is 0 Å². The number of carbonyl (C=O) groups is 2. The maximum absolute atomic E-state index is 12.2. The summed E-state index contributed by atoms with van der Waals surface area (Å²) < 4.78 is 5.81. The summed E-state index contributed by atoms with van der Waals surface area (Å²) in [5.41, 5.74) is 9.90. The van der Waals surface area contributed by atoms with Crippen LogP contribution in [0.3, 0.4) is 0 Å². The van der Waals surface area contributed by atoms with Crippen LogP contribution in [0.25, 0.3) is 11.0 Å². The van der Waals surface area contributed by atoms with Crippen LogP contribution in [0.15, 0.2) is 64.1 Å². The molecule has 3 N–H and O–H groups in total. The predicted octanol–water partition coefficient (Wildman–Crippen LogP) is 2.62. The van der Waals surface area contributed by atoms with Crippen LogP contribution in [-0.4, -0.2) is 24.9 Å². The highest BCUT2D eigenvalue weighted by Crippen LogP contribution is 2.21. The summed E-state index contributed by atoms with van der Waals surface area (Å²) in [6.45, 7) is 5.85. The highest BCUT2D eigenvalue weighted by atomic mass is 16.3. The number of nitrogens with two attached hydrogens (primary N) is 1. The first-order chi connectivity index (χ1) is 13.5. The van der Waals surface area contributed by atoms with E-state index in [4.69, 9.17) is 10.2 Å². The molecule has 0 aliphatic heterocycles. The van der Waals surface area contributed by atoms with E-state index in [1.54, 1.807) is 30.3 Å². The second kappa shape index (κ2) is 8.39. The van der Waals surface area contributed by atoms with Crippen molar-refractivity contribution in [1.82, 2.24) is 5.43 Å². The Kier molecular flexibility index (Phi) is 5.74. The first-order valence-electron chi connectivity index (χ1n) is 9.05. The van der Waals surface area contributed by atoms with Crippen molar-refractivity contribution < 1.29 is 14.0 Å². The molecule has 144 valence electrons. The minimum atomic E-state index is -0.689. The molecule has 0 bridgehead atoms. The maximum Gasteiger partial charge on any atom is 0.271 e. The number of nitrogens with zero attached hydrogens (tertiary/aromatic N) is 2. The molecule has 0 radical (unpaired) electrons. The minimum Gasteiger partial charge on any atom is -0.436 e. The largest absolute Gasteiger partial charge is 0.436 e. The van der Waals surface area contributed by atoms with E-state index in [1.165, 1.54) is 0 Å². The molecule has 0 saturated carbocycles. The van der Waals surface area contributed by atoms with E-state index in [1.807, 2.05) is 24.3 Å². The number of hydrogen-bond acceptors (Lipinski definition) is 5. The molecule has 0 unspecified atom stereocenters. The van der Waals surface area contributed by atoms with Gasteiger partial charge in [0.05, 0.1) is 0 Å². The molecule has 1 aromatic heterocycles. The van der Waals surface area contributed by atoms with Crippen molar-refractivity contribution >= 4 is 28.5 Å². The van der Waals surface area contributed by atoms with Gasteiger partial charge in [0.25, 0.3) is 11.8 Å². The van der Waals surface area contributed by atoms with E-state index in [0.29, 0.717) is 11.1 Å². The zero-order valence-electron chi connectivity index (χ0n) is 15.8. The Morgan fingerprint density at radius 1 is 1.07 bits per heavy atom. The quantitative estimate of drug-likeness (QED) is 0.644. The number of nitrogens with one attached hydrogen (secondary N) is 1. The van der Waals surface area contributed by atoms with E-state index in [0.717, 1.165) is 24.2 Å².